The Morgan fingerprint density at radius 1 is 1.20 bits per heavy atom. The van der Waals surface area contributed by atoms with Crippen molar-refractivity contribution in [3.63, 3.8) is 0 Å². The topological polar surface area (TPSA) is 29.3 Å². The van der Waals surface area contributed by atoms with Crippen LogP contribution in [0.25, 0.3) is 0 Å². The maximum atomic E-state index is 6.07. The van der Waals surface area contributed by atoms with Crippen molar-refractivity contribution < 1.29 is 0 Å². The molecule has 0 aliphatic carbocycles. The number of fused-ring (bicyclic) bond motifs is 1. The van der Waals surface area contributed by atoms with Gasteiger partial charge in [-0.3, -0.25) is 4.90 Å². The Bertz CT molecular complexity index is 576. The van der Waals surface area contributed by atoms with E-state index in [4.69, 9.17) is 5.73 Å². The molecule has 1 aromatic heterocycles. The van der Waals surface area contributed by atoms with Gasteiger partial charge in [0.05, 0.1) is 6.04 Å². The number of rotatable bonds is 4. The summed E-state index contributed by atoms with van der Waals surface area (Å²) in [6, 6.07) is 13.7. The van der Waals surface area contributed by atoms with E-state index in [0.29, 0.717) is 12.6 Å². The third-order valence-electron chi connectivity index (χ3n) is 4.18. The molecule has 0 bridgehead atoms. The SMILES string of the molecule is CCc1ccc(C(CN)N2CCc3ccccc3C2)s1. The molecule has 0 amide bonds. The van der Waals surface area contributed by atoms with Crippen LogP contribution in [-0.4, -0.2) is 18.0 Å². The fourth-order valence-corrected chi connectivity index (χ4v) is 4.09. The van der Waals surface area contributed by atoms with Crippen LogP contribution in [0.4, 0.5) is 0 Å². The number of benzene rings is 1. The molecule has 1 aliphatic rings. The third kappa shape index (κ3) is 2.66. The molecule has 2 N–H and O–H groups in total. The van der Waals surface area contributed by atoms with Crippen molar-refractivity contribution in [3.05, 3.63) is 57.3 Å². The minimum absolute atomic E-state index is 0.369. The van der Waals surface area contributed by atoms with E-state index in [1.165, 1.54) is 20.9 Å². The van der Waals surface area contributed by atoms with Gasteiger partial charge in [0.15, 0.2) is 0 Å². The maximum absolute atomic E-state index is 6.07. The number of nitrogens with two attached hydrogens (primary N) is 1. The van der Waals surface area contributed by atoms with Gasteiger partial charge in [0.1, 0.15) is 0 Å². The molecule has 1 atom stereocenters. The van der Waals surface area contributed by atoms with E-state index < -0.39 is 0 Å². The molecule has 20 heavy (non-hydrogen) atoms. The highest BCUT2D eigenvalue weighted by Gasteiger charge is 2.24. The Hall–Kier alpha value is -1.16. The average Bonchev–Trinajstić information content (AvgIpc) is 2.97. The van der Waals surface area contributed by atoms with Gasteiger partial charge >= 0.3 is 0 Å². The van der Waals surface area contributed by atoms with E-state index in [0.717, 1.165) is 25.9 Å². The fraction of sp³-hybridized carbons (Fsp3) is 0.412. The first kappa shape index (κ1) is 13.8. The molecule has 3 rings (SSSR count). The first-order valence-corrected chi connectivity index (χ1v) is 8.23. The van der Waals surface area contributed by atoms with Crippen LogP contribution in [0.2, 0.25) is 0 Å². The normalized spacial score (nSPS) is 16.9. The highest BCUT2D eigenvalue weighted by molar-refractivity contribution is 7.12. The highest BCUT2D eigenvalue weighted by atomic mass is 32.1. The van der Waals surface area contributed by atoms with Crippen LogP contribution in [0.5, 0.6) is 0 Å². The molecule has 0 fully saturated rings. The number of hydrogen-bond donors (Lipinski definition) is 1. The molecule has 2 aromatic rings. The predicted octanol–water partition coefficient (Wildman–Crippen LogP) is 3.37. The molecular weight excluding hydrogens is 264 g/mol. The van der Waals surface area contributed by atoms with Crippen molar-refractivity contribution in [1.29, 1.82) is 0 Å². The smallest absolute Gasteiger partial charge is 0.0567 e. The maximum Gasteiger partial charge on any atom is 0.0567 e. The Labute approximate surface area is 125 Å². The van der Waals surface area contributed by atoms with Crippen molar-refractivity contribution in [1.82, 2.24) is 4.90 Å². The van der Waals surface area contributed by atoms with E-state index >= 15 is 0 Å². The largest absolute Gasteiger partial charge is 0.329 e. The van der Waals surface area contributed by atoms with Crippen LogP contribution in [0.1, 0.15) is 33.8 Å². The number of aryl methyl sites for hydroxylation is 1. The second-order valence-corrected chi connectivity index (χ2v) is 6.60. The molecule has 1 unspecified atom stereocenters. The van der Waals surface area contributed by atoms with Gasteiger partial charge in [-0.25, -0.2) is 0 Å². The quantitative estimate of drug-likeness (QED) is 0.933. The zero-order valence-corrected chi connectivity index (χ0v) is 12.8. The van der Waals surface area contributed by atoms with Gasteiger partial charge in [-0.2, -0.15) is 0 Å². The molecule has 0 saturated carbocycles. The van der Waals surface area contributed by atoms with Crippen LogP contribution in [-0.2, 0) is 19.4 Å². The molecule has 0 saturated heterocycles. The fourth-order valence-electron chi connectivity index (χ4n) is 2.99. The zero-order chi connectivity index (χ0) is 13.9. The summed E-state index contributed by atoms with van der Waals surface area (Å²) in [4.78, 5) is 5.41. The Kier molecular flexibility index (Phi) is 4.20. The summed E-state index contributed by atoms with van der Waals surface area (Å²) in [6.07, 6.45) is 2.25. The highest BCUT2D eigenvalue weighted by Crippen LogP contribution is 2.31. The van der Waals surface area contributed by atoms with Gasteiger partial charge in [0.2, 0.25) is 0 Å². The molecule has 2 nitrogen and oxygen atoms in total. The van der Waals surface area contributed by atoms with E-state index in [2.05, 4.69) is 48.2 Å². The molecular formula is C17H22N2S. The number of hydrogen-bond acceptors (Lipinski definition) is 3. The summed E-state index contributed by atoms with van der Waals surface area (Å²) in [6.45, 7) is 5.05. The molecule has 1 aromatic carbocycles. The van der Waals surface area contributed by atoms with E-state index in [1.807, 2.05) is 11.3 Å². The van der Waals surface area contributed by atoms with Crippen LogP contribution in [0.3, 0.4) is 0 Å². The van der Waals surface area contributed by atoms with Crippen LogP contribution in [0.15, 0.2) is 36.4 Å². The lowest BCUT2D eigenvalue weighted by atomic mass is 9.98. The molecule has 106 valence electrons. The van der Waals surface area contributed by atoms with Gasteiger partial charge in [-0.05, 0) is 36.1 Å². The van der Waals surface area contributed by atoms with Gasteiger partial charge < -0.3 is 5.73 Å². The predicted molar refractivity (Wildman–Crippen MR) is 86.0 cm³/mol. The van der Waals surface area contributed by atoms with Crippen molar-refractivity contribution in [3.8, 4) is 0 Å². The summed E-state index contributed by atoms with van der Waals surface area (Å²) in [5, 5.41) is 0. The van der Waals surface area contributed by atoms with Gasteiger partial charge in [0.25, 0.3) is 0 Å². The van der Waals surface area contributed by atoms with E-state index in [-0.39, 0.29) is 0 Å². The van der Waals surface area contributed by atoms with E-state index in [9.17, 15) is 0 Å². The Balaban J connectivity index is 1.81. The first-order chi connectivity index (χ1) is 9.81. The Morgan fingerprint density at radius 2 is 2.00 bits per heavy atom. The van der Waals surface area contributed by atoms with Gasteiger partial charge in [0, 0.05) is 29.4 Å². The summed E-state index contributed by atoms with van der Waals surface area (Å²) >= 11 is 1.92. The number of thiophene rings is 1. The van der Waals surface area contributed by atoms with Crippen molar-refractivity contribution in [2.24, 2.45) is 5.73 Å². The lowest BCUT2D eigenvalue weighted by Gasteiger charge is -2.34. The lowest BCUT2D eigenvalue weighted by Crippen LogP contribution is -2.37. The summed E-state index contributed by atoms with van der Waals surface area (Å²) in [7, 11) is 0. The molecule has 1 aliphatic heterocycles. The Morgan fingerprint density at radius 3 is 2.70 bits per heavy atom. The van der Waals surface area contributed by atoms with Crippen molar-refractivity contribution >= 4 is 11.3 Å². The molecule has 0 spiro atoms. The average molecular weight is 286 g/mol. The van der Waals surface area contributed by atoms with Crippen LogP contribution >= 0.6 is 11.3 Å². The van der Waals surface area contributed by atoms with E-state index in [1.54, 1.807) is 0 Å². The second-order valence-electron chi connectivity index (χ2n) is 5.40. The van der Waals surface area contributed by atoms with Crippen LogP contribution < -0.4 is 5.73 Å². The van der Waals surface area contributed by atoms with Crippen molar-refractivity contribution in [2.45, 2.75) is 32.4 Å². The van der Waals surface area contributed by atoms with Gasteiger partial charge in [-0.15, -0.1) is 11.3 Å². The zero-order valence-electron chi connectivity index (χ0n) is 12.0. The monoisotopic (exact) mass is 286 g/mol. The summed E-state index contributed by atoms with van der Waals surface area (Å²) in [5.74, 6) is 0. The molecule has 0 radical (unpaired) electrons. The standard InChI is InChI=1S/C17H22N2S/c1-2-15-7-8-17(20-15)16(11-18)19-10-9-13-5-3-4-6-14(13)12-19/h3-8,16H,2,9-12,18H2,1H3. The van der Waals surface area contributed by atoms with Crippen LogP contribution in [0, 0.1) is 0 Å². The van der Waals surface area contributed by atoms with Gasteiger partial charge in [-0.1, -0.05) is 31.2 Å². The van der Waals surface area contributed by atoms with Crippen molar-refractivity contribution in [2.75, 3.05) is 13.1 Å². The minimum atomic E-state index is 0.369. The molecule has 2 heterocycles. The third-order valence-corrected chi connectivity index (χ3v) is 5.51. The lowest BCUT2D eigenvalue weighted by molar-refractivity contribution is 0.186. The summed E-state index contributed by atoms with van der Waals surface area (Å²) < 4.78 is 0. The summed E-state index contributed by atoms with van der Waals surface area (Å²) in [5.41, 5.74) is 9.03. The number of nitrogens with zero attached hydrogens (tertiary/aromatic N) is 1. The first-order valence-electron chi connectivity index (χ1n) is 7.41. The minimum Gasteiger partial charge on any atom is -0.329 e. The molecule has 3 heteroatoms. The second kappa shape index (κ2) is 6.08.